The summed E-state index contributed by atoms with van der Waals surface area (Å²) in [5.41, 5.74) is 0. The largest absolute Gasteiger partial charge is 0.347 e. The van der Waals surface area contributed by atoms with Crippen LogP contribution in [0.4, 0.5) is 0 Å². The van der Waals surface area contributed by atoms with Crippen LogP contribution in [0.25, 0.3) is 0 Å². The van der Waals surface area contributed by atoms with Gasteiger partial charge in [0, 0.05) is 0 Å². The number of hydrogen-bond acceptors (Lipinski definition) is 3. The molecular weight excluding hydrogens is 259 g/mol. The van der Waals surface area contributed by atoms with Crippen molar-refractivity contribution in [3.63, 3.8) is 0 Å². The van der Waals surface area contributed by atoms with Crippen LogP contribution in [0, 0.1) is 0 Å². The first-order valence-corrected chi connectivity index (χ1v) is 8.15. The van der Waals surface area contributed by atoms with Crippen LogP contribution in [0.15, 0.2) is 0 Å². The molecule has 0 rings (SSSR count). The summed E-state index contributed by atoms with van der Waals surface area (Å²) >= 11 is 4.94. The minimum absolute atomic E-state index is 0.533. The Morgan fingerprint density at radius 2 is 1.35 bits per heavy atom. The van der Waals surface area contributed by atoms with E-state index in [1.54, 1.807) is 0 Å². The van der Waals surface area contributed by atoms with E-state index in [0.29, 0.717) is 6.61 Å². The summed E-state index contributed by atoms with van der Waals surface area (Å²) in [6, 6.07) is 0. The smallest absolute Gasteiger partial charge is 0.327 e. The van der Waals surface area contributed by atoms with Crippen molar-refractivity contribution in [1.29, 1.82) is 0 Å². The van der Waals surface area contributed by atoms with Crippen LogP contribution >= 0.6 is 20.5 Å². The van der Waals surface area contributed by atoms with E-state index in [1.165, 1.54) is 51.4 Å². The maximum absolute atomic E-state index is 8.89. The Balaban J connectivity index is 2.94. The second kappa shape index (κ2) is 14.7. The van der Waals surface area contributed by atoms with Crippen molar-refractivity contribution >= 4 is 20.5 Å². The molecule has 3 nitrogen and oxygen atoms in total. The van der Waals surface area contributed by atoms with Gasteiger partial charge in [-0.15, -0.1) is 0 Å². The molecule has 104 valence electrons. The Hall–Kier alpha value is 0.600. The van der Waals surface area contributed by atoms with Gasteiger partial charge in [0.1, 0.15) is 0 Å². The minimum Gasteiger partial charge on any atom is -0.327 e. The van der Waals surface area contributed by atoms with Crippen molar-refractivity contribution in [2.24, 2.45) is 0 Å². The van der Waals surface area contributed by atoms with Crippen LogP contribution < -0.4 is 0 Å². The molecule has 0 radical (unpaired) electrons. The molecule has 1 atom stereocenters. The normalized spacial score (nSPS) is 12.9. The molecule has 0 saturated heterocycles. The lowest BCUT2D eigenvalue weighted by Gasteiger charge is -2.05. The average molecular weight is 285 g/mol. The van der Waals surface area contributed by atoms with Gasteiger partial charge in [0.25, 0.3) is 0 Å². The van der Waals surface area contributed by atoms with Crippen molar-refractivity contribution < 1.29 is 13.5 Å². The lowest BCUT2D eigenvalue weighted by molar-refractivity contribution is 0.258. The fourth-order valence-electron chi connectivity index (χ4n) is 1.75. The van der Waals surface area contributed by atoms with Gasteiger partial charge in [-0.1, -0.05) is 64.7 Å². The number of unbranched alkanes of at least 4 members (excludes halogenated alkanes) is 9. The van der Waals surface area contributed by atoms with Gasteiger partial charge >= 0.3 is 8.60 Å². The molecule has 0 aromatic rings. The van der Waals surface area contributed by atoms with Crippen LogP contribution in [0.3, 0.4) is 0 Å². The van der Waals surface area contributed by atoms with Gasteiger partial charge in [0.05, 0.1) is 18.5 Å². The van der Waals surface area contributed by atoms with Gasteiger partial charge in [-0.25, -0.2) is 0 Å². The zero-order chi connectivity index (χ0) is 12.8. The quantitative estimate of drug-likeness (QED) is 0.368. The number of halogens is 1. The molecule has 0 heterocycles. The summed E-state index contributed by atoms with van der Waals surface area (Å²) in [6.07, 6.45) is 12.9. The number of hydrogen-bond donors (Lipinski definition) is 1. The van der Waals surface area contributed by atoms with Gasteiger partial charge in [0.2, 0.25) is 0 Å². The average Bonchev–Trinajstić information content (AvgIpc) is 2.35. The second-order valence-electron chi connectivity index (χ2n) is 4.32. The molecule has 0 spiro atoms. The van der Waals surface area contributed by atoms with E-state index in [4.69, 9.17) is 21.3 Å². The standard InChI is InChI=1S/C12H26ClO3P/c1-2-3-4-5-6-7-8-9-10-11-12-15-17(14)16-13/h14H,2-12H2,1H3. The van der Waals surface area contributed by atoms with E-state index in [2.05, 4.69) is 11.0 Å². The summed E-state index contributed by atoms with van der Waals surface area (Å²) in [6.45, 7) is 2.78. The Labute approximate surface area is 112 Å². The summed E-state index contributed by atoms with van der Waals surface area (Å²) in [5, 5.41) is 0. The minimum atomic E-state index is -1.85. The van der Waals surface area contributed by atoms with Gasteiger partial charge < -0.3 is 9.42 Å². The Kier molecular flexibility index (Phi) is 15.2. The summed E-state index contributed by atoms with van der Waals surface area (Å²) in [4.78, 5) is 8.89. The zero-order valence-electron chi connectivity index (χ0n) is 10.9. The zero-order valence-corrected chi connectivity index (χ0v) is 12.5. The van der Waals surface area contributed by atoms with Gasteiger partial charge in [-0.2, -0.15) is 4.08 Å². The van der Waals surface area contributed by atoms with Crippen LogP contribution in [0.2, 0.25) is 0 Å². The summed E-state index contributed by atoms with van der Waals surface area (Å²) in [5.74, 6) is 0. The SMILES string of the molecule is CCCCCCCCCCCCOP(O)OCl. The number of rotatable bonds is 13. The highest BCUT2D eigenvalue weighted by Crippen LogP contribution is 2.34. The predicted molar refractivity (Wildman–Crippen MR) is 73.9 cm³/mol. The molecule has 0 aromatic carbocycles. The molecule has 0 aromatic heterocycles. The highest BCUT2D eigenvalue weighted by molar-refractivity contribution is 7.41. The highest BCUT2D eigenvalue weighted by Gasteiger charge is 2.03. The van der Waals surface area contributed by atoms with E-state index in [0.717, 1.165) is 12.8 Å². The first kappa shape index (κ1) is 17.6. The van der Waals surface area contributed by atoms with E-state index >= 15 is 0 Å². The lowest BCUT2D eigenvalue weighted by atomic mass is 10.1. The second-order valence-corrected chi connectivity index (χ2v) is 5.61. The first-order chi connectivity index (χ1) is 8.31. The molecular formula is C12H26ClO3P. The van der Waals surface area contributed by atoms with Crippen molar-refractivity contribution in [3.8, 4) is 0 Å². The van der Waals surface area contributed by atoms with Crippen LogP contribution in [0.5, 0.6) is 0 Å². The molecule has 0 saturated carbocycles. The van der Waals surface area contributed by atoms with Crippen molar-refractivity contribution in [2.75, 3.05) is 6.61 Å². The van der Waals surface area contributed by atoms with E-state index < -0.39 is 8.60 Å². The maximum atomic E-state index is 8.89. The molecule has 0 fully saturated rings. The van der Waals surface area contributed by atoms with Crippen LogP contribution in [-0.4, -0.2) is 11.5 Å². The molecule has 5 heteroatoms. The third-order valence-corrected chi connectivity index (χ3v) is 3.63. The predicted octanol–water partition coefficient (Wildman–Crippen LogP) is 5.31. The van der Waals surface area contributed by atoms with E-state index in [9.17, 15) is 0 Å². The maximum Gasteiger partial charge on any atom is 0.347 e. The molecule has 1 unspecified atom stereocenters. The Morgan fingerprint density at radius 1 is 0.882 bits per heavy atom. The third kappa shape index (κ3) is 14.5. The highest BCUT2D eigenvalue weighted by atomic mass is 35.5. The van der Waals surface area contributed by atoms with Gasteiger partial charge in [0.15, 0.2) is 0 Å². The first-order valence-electron chi connectivity index (χ1n) is 6.72. The van der Waals surface area contributed by atoms with Crippen molar-refractivity contribution in [1.82, 2.24) is 0 Å². The Bertz CT molecular complexity index is 150. The molecule has 0 aliphatic carbocycles. The molecule has 0 aliphatic rings. The fraction of sp³-hybridized carbons (Fsp3) is 1.00. The topological polar surface area (TPSA) is 38.7 Å². The molecule has 0 bridgehead atoms. The lowest BCUT2D eigenvalue weighted by Crippen LogP contribution is -1.90. The van der Waals surface area contributed by atoms with Gasteiger partial charge in [-0.3, -0.25) is 0 Å². The van der Waals surface area contributed by atoms with Crippen molar-refractivity contribution in [3.05, 3.63) is 0 Å². The van der Waals surface area contributed by atoms with Gasteiger partial charge in [-0.05, 0) is 6.42 Å². The Morgan fingerprint density at radius 3 is 1.82 bits per heavy atom. The summed E-state index contributed by atoms with van der Waals surface area (Å²) < 4.78 is 9.04. The monoisotopic (exact) mass is 284 g/mol. The molecule has 17 heavy (non-hydrogen) atoms. The molecule has 0 amide bonds. The fourth-order valence-corrected chi connectivity index (χ4v) is 2.20. The third-order valence-electron chi connectivity index (χ3n) is 2.76. The van der Waals surface area contributed by atoms with Crippen LogP contribution in [0.1, 0.15) is 71.1 Å². The van der Waals surface area contributed by atoms with Crippen molar-refractivity contribution in [2.45, 2.75) is 71.1 Å². The van der Waals surface area contributed by atoms with E-state index in [-0.39, 0.29) is 0 Å². The molecule has 0 aliphatic heterocycles. The van der Waals surface area contributed by atoms with E-state index in [1.807, 2.05) is 0 Å². The van der Waals surface area contributed by atoms with Crippen LogP contribution in [-0.2, 0) is 8.60 Å². The summed E-state index contributed by atoms with van der Waals surface area (Å²) in [7, 11) is -1.85. The molecule has 1 N–H and O–H groups in total.